The van der Waals surface area contributed by atoms with E-state index in [-0.39, 0.29) is 12.2 Å². The van der Waals surface area contributed by atoms with E-state index in [1.807, 2.05) is 0 Å². The maximum Gasteiger partial charge on any atom is 0.323 e. The number of aromatic amines is 2. The van der Waals surface area contributed by atoms with Gasteiger partial charge in [0.05, 0.1) is 27.6 Å². The SMILES string of the molecule is O=C(C=Cc1cccc(Cl)c1Cl)NCC(=O)Nc1ccc2[nH]c(=O)[nH]c2c1. The van der Waals surface area contributed by atoms with Gasteiger partial charge in [-0.1, -0.05) is 35.3 Å². The van der Waals surface area contributed by atoms with Crippen molar-refractivity contribution in [3.05, 3.63) is 68.6 Å². The number of hydrogen-bond donors (Lipinski definition) is 4. The van der Waals surface area contributed by atoms with Crippen LogP contribution in [0.1, 0.15) is 5.56 Å². The zero-order valence-electron chi connectivity index (χ0n) is 13.8. The average molecular weight is 405 g/mol. The summed E-state index contributed by atoms with van der Waals surface area (Å²) in [6, 6.07) is 10.0. The van der Waals surface area contributed by atoms with Crippen molar-refractivity contribution in [3.8, 4) is 0 Å². The molecule has 0 unspecified atom stereocenters. The number of aromatic nitrogens is 2. The largest absolute Gasteiger partial charge is 0.343 e. The zero-order valence-corrected chi connectivity index (χ0v) is 15.3. The van der Waals surface area contributed by atoms with Crippen LogP contribution in [0.3, 0.4) is 0 Å². The minimum Gasteiger partial charge on any atom is -0.343 e. The molecule has 0 atom stereocenters. The first-order valence-corrected chi connectivity index (χ1v) is 8.60. The van der Waals surface area contributed by atoms with Crippen molar-refractivity contribution in [1.29, 1.82) is 0 Å². The van der Waals surface area contributed by atoms with Crippen molar-refractivity contribution in [1.82, 2.24) is 15.3 Å². The van der Waals surface area contributed by atoms with Gasteiger partial charge in [0, 0.05) is 11.8 Å². The van der Waals surface area contributed by atoms with Crippen molar-refractivity contribution < 1.29 is 9.59 Å². The first-order valence-electron chi connectivity index (χ1n) is 7.84. The molecular weight excluding hydrogens is 391 g/mol. The Morgan fingerprint density at radius 2 is 1.85 bits per heavy atom. The van der Waals surface area contributed by atoms with Crippen LogP contribution < -0.4 is 16.3 Å². The second kappa shape index (κ2) is 8.11. The fourth-order valence-corrected chi connectivity index (χ4v) is 2.73. The first-order chi connectivity index (χ1) is 12.9. The molecule has 4 N–H and O–H groups in total. The lowest BCUT2D eigenvalue weighted by atomic mass is 10.2. The Kier molecular flexibility index (Phi) is 5.63. The lowest BCUT2D eigenvalue weighted by Crippen LogP contribution is -2.31. The number of anilines is 1. The first kappa shape index (κ1) is 18.8. The van der Waals surface area contributed by atoms with Gasteiger partial charge in [0.2, 0.25) is 11.8 Å². The molecule has 7 nitrogen and oxygen atoms in total. The summed E-state index contributed by atoms with van der Waals surface area (Å²) in [5.41, 5.74) is 1.97. The predicted octanol–water partition coefficient (Wildman–Crippen LogP) is 2.93. The molecule has 3 aromatic rings. The average Bonchev–Trinajstić information content (AvgIpc) is 3.00. The summed E-state index contributed by atoms with van der Waals surface area (Å²) in [6.45, 7) is -0.214. The molecule has 0 aliphatic heterocycles. The second-order valence-electron chi connectivity index (χ2n) is 5.58. The number of halogens is 2. The standard InChI is InChI=1S/C18H14Cl2N4O3/c19-12-3-1-2-10(17(12)20)4-7-15(25)21-9-16(26)22-11-5-6-13-14(8-11)24-18(27)23-13/h1-8H,9H2,(H,21,25)(H,22,26)(H2,23,24,27). The van der Waals surface area contributed by atoms with Crippen molar-refractivity contribution in [3.63, 3.8) is 0 Å². The Bertz CT molecular complexity index is 1100. The molecule has 0 aliphatic rings. The number of hydrogen-bond acceptors (Lipinski definition) is 3. The van der Waals surface area contributed by atoms with E-state index in [1.54, 1.807) is 36.4 Å². The molecule has 2 aromatic carbocycles. The van der Waals surface area contributed by atoms with Gasteiger partial charge in [-0.2, -0.15) is 0 Å². The van der Waals surface area contributed by atoms with Crippen LogP contribution in [0.4, 0.5) is 5.69 Å². The molecule has 0 bridgehead atoms. The summed E-state index contributed by atoms with van der Waals surface area (Å²) in [6.07, 6.45) is 2.78. The Hall–Kier alpha value is -3.03. The van der Waals surface area contributed by atoms with E-state index < -0.39 is 11.8 Å². The Morgan fingerprint density at radius 1 is 1.07 bits per heavy atom. The number of amides is 2. The topological polar surface area (TPSA) is 107 Å². The van der Waals surface area contributed by atoms with Crippen LogP contribution in [0.5, 0.6) is 0 Å². The third-order valence-electron chi connectivity index (χ3n) is 3.62. The summed E-state index contributed by atoms with van der Waals surface area (Å²) in [4.78, 5) is 40.3. The second-order valence-corrected chi connectivity index (χ2v) is 6.37. The number of rotatable bonds is 5. The number of fused-ring (bicyclic) bond motifs is 1. The van der Waals surface area contributed by atoms with E-state index in [9.17, 15) is 14.4 Å². The summed E-state index contributed by atoms with van der Waals surface area (Å²) in [5.74, 6) is -0.860. The van der Waals surface area contributed by atoms with Gasteiger partial charge in [0.15, 0.2) is 0 Å². The molecule has 2 amide bonds. The highest BCUT2D eigenvalue weighted by Gasteiger charge is 2.06. The highest BCUT2D eigenvalue weighted by molar-refractivity contribution is 6.42. The smallest absolute Gasteiger partial charge is 0.323 e. The van der Waals surface area contributed by atoms with Gasteiger partial charge in [0.1, 0.15) is 0 Å². The molecule has 9 heteroatoms. The number of nitrogens with one attached hydrogen (secondary N) is 4. The lowest BCUT2D eigenvalue weighted by Gasteiger charge is -2.06. The van der Waals surface area contributed by atoms with Crippen molar-refractivity contribution >= 4 is 57.8 Å². The van der Waals surface area contributed by atoms with E-state index in [2.05, 4.69) is 20.6 Å². The molecule has 0 fully saturated rings. The number of benzene rings is 2. The number of carbonyl (C=O) groups excluding carboxylic acids is 2. The monoisotopic (exact) mass is 404 g/mol. The molecule has 1 aromatic heterocycles. The lowest BCUT2D eigenvalue weighted by molar-refractivity contribution is -0.121. The third-order valence-corrected chi connectivity index (χ3v) is 4.45. The summed E-state index contributed by atoms with van der Waals surface area (Å²) < 4.78 is 0. The molecule has 27 heavy (non-hydrogen) atoms. The maximum atomic E-state index is 12.0. The molecule has 1 heterocycles. The molecule has 0 saturated carbocycles. The fourth-order valence-electron chi connectivity index (χ4n) is 2.36. The number of H-pyrrole nitrogens is 2. The quantitative estimate of drug-likeness (QED) is 0.491. The normalized spacial score (nSPS) is 11.0. The Labute approximate surface area is 163 Å². The highest BCUT2D eigenvalue weighted by atomic mass is 35.5. The predicted molar refractivity (Wildman–Crippen MR) is 106 cm³/mol. The van der Waals surface area contributed by atoms with Crippen LogP contribution in [0.25, 0.3) is 17.1 Å². The third kappa shape index (κ3) is 4.78. The van der Waals surface area contributed by atoms with Gasteiger partial charge in [-0.05, 0) is 35.9 Å². The summed E-state index contributed by atoms with van der Waals surface area (Å²) >= 11 is 11.9. The van der Waals surface area contributed by atoms with E-state index >= 15 is 0 Å². The molecule has 3 rings (SSSR count). The van der Waals surface area contributed by atoms with E-state index in [0.29, 0.717) is 32.3 Å². The van der Waals surface area contributed by atoms with Crippen molar-refractivity contribution in [2.45, 2.75) is 0 Å². The molecule has 0 radical (unpaired) electrons. The summed E-state index contributed by atoms with van der Waals surface area (Å²) in [5, 5.41) is 5.84. The van der Waals surface area contributed by atoms with E-state index in [4.69, 9.17) is 23.2 Å². The van der Waals surface area contributed by atoms with Crippen LogP contribution in [-0.2, 0) is 9.59 Å². The van der Waals surface area contributed by atoms with Gasteiger partial charge in [-0.15, -0.1) is 0 Å². The molecule has 0 aliphatic carbocycles. The van der Waals surface area contributed by atoms with Crippen molar-refractivity contribution in [2.75, 3.05) is 11.9 Å². The Balaban J connectivity index is 1.54. The van der Waals surface area contributed by atoms with Gasteiger partial charge in [-0.25, -0.2) is 4.79 Å². The zero-order chi connectivity index (χ0) is 19.4. The highest BCUT2D eigenvalue weighted by Crippen LogP contribution is 2.26. The van der Waals surface area contributed by atoms with E-state index in [0.717, 1.165) is 0 Å². The Morgan fingerprint density at radius 3 is 2.67 bits per heavy atom. The van der Waals surface area contributed by atoms with Crippen LogP contribution in [0.2, 0.25) is 10.0 Å². The van der Waals surface area contributed by atoms with Gasteiger partial charge in [0.25, 0.3) is 0 Å². The maximum absolute atomic E-state index is 12.0. The van der Waals surface area contributed by atoms with Gasteiger partial charge in [-0.3, -0.25) is 9.59 Å². The van der Waals surface area contributed by atoms with Gasteiger partial charge >= 0.3 is 5.69 Å². The minimum atomic E-state index is -0.452. The van der Waals surface area contributed by atoms with Crippen LogP contribution in [0, 0.1) is 0 Å². The molecule has 138 valence electrons. The molecule has 0 spiro atoms. The molecular formula is C18H14Cl2N4O3. The fraction of sp³-hybridized carbons (Fsp3) is 0.0556. The van der Waals surface area contributed by atoms with Crippen LogP contribution in [0.15, 0.2) is 47.3 Å². The number of imidazole rings is 1. The summed E-state index contributed by atoms with van der Waals surface area (Å²) in [7, 11) is 0. The van der Waals surface area contributed by atoms with Crippen LogP contribution >= 0.6 is 23.2 Å². The van der Waals surface area contributed by atoms with Gasteiger partial charge < -0.3 is 20.6 Å². The van der Waals surface area contributed by atoms with E-state index in [1.165, 1.54) is 12.2 Å². The minimum absolute atomic E-state index is 0.214. The number of carbonyl (C=O) groups is 2. The van der Waals surface area contributed by atoms with Crippen molar-refractivity contribution in [2.24, 2.45) is 0 Å². The molecule has 0 saturated heterocycles. The van der Waals surface area contributed by atoms with Crippen LogP contribution in [-0.4, -0.2) is 28.3 Å².